The molecule has 5 rings (SSSR count). The molecule has 5 nitrogen and oxygen atoms in total. The molecule has 0 saturated carbocycles. The number of aromatic amines is 1. The van der Waals surface area contributed by atoms with E-state index in [1.165, 1.54) is 16.5 Å². The fourth-order valence-electron chi connectivity index (χ4n) is 4.66. The molecule has 1 aromatic carbocycles. The van der Waals surface area contributed by atoms with Gasteiger partial charge in [-0.05, 0) is 67.7 Å². The zero-order chi connectivity index (χ0) is 19.8. The number of rotatable bonds is 4. The second-order valence-electron chi connectivity index (χ2n) is 7.84. The number of ether oxygens (including phenoxy) is 1. The predicted molar refractivity (Wildman–Crippen MR) is 114 cm³/mol. The Morgan fingerprint density at radius 1 is 1.21 bits per heavy atom. The second-order valence-corrected chi connectivity index (χ2v) is 7.84. The Kier molecular flexibility index (Phi) is 4.49. The summed E-state index contributed by atoms with van der Waals surface area (Å²) in [5.41, 5.74) is 5.48. The van der Waals surface area contributed by atoms with Crippen molar-refractivity contribution in [2.75, 3.05) is 20.2 Å². The molecule has 29 heavy (non-hydrogen) atoms. The van der Waals surface area contributed by atoms with Gasteiger partial charge in [0.1, 0.15) is 11.8 Å². The third-order valence-corrected chi connectivity index (χ3v) is 6.22. The molecule has 1 N–H and O–H groups in total. The van der Waals surface area contributed by atoms with Crippen molar-refractivity contribution >= 4 is 16.4 Å². The lowest BCUT2D eigenvalue weighted by Crippen LogP contribution is -2.32. The first-order chi connectivity index (χ1) is 14.3. The van der Waals surface area contributed by atoms with Crippen LogP contribution < -0.4 is 4.74 Å². The smallest absolute Gasteiger partial charge is 0.119 e. The lowest BCUT2D eigenvalue weighted by molar-refractivity contribution is 0.205. The van der Waals surface area contributed by atoms with Crippen molar-refractivity contribution in [1.29, 1.82) is 5.26 Å². The predicted octanol–water partition coefficient (Wildman–Crippen LogP) is 4.68. The summed E-state index contributed by atoms with van der Waals surface area (Å²) in [6.07, 6.45) is 8.53. The minimum absolute atomic E-state index is 0.552. The monoisotopic (exact) mass is 384 g/mol. The maximum atomic E-state index is 9.65. The first-order valence-corrected chi connectivity index (χ1v) is 10.1. The Hall–Kier alpha value is -3.23. The molecule has 1 fully saturated rings. The third kappa shape index (κ3) is 3.16. The van der Waals surface area contributed by atoms with E-state index in [0.29, 0.717) is 5.92 Å². The number of nitrogens with one attached hydrogen (secondary N) is 1. The standard InChI is InChI=1S/C24H24N4O/c1-29-19-5-6-23-20(12-19)22(14-26-23)17-7-10-27(11-8-17)15-18-16-28-9-3-2-4-24(28)21(18)13-25/h2-6,9,12,14,16-17,26H,7-8,10-11,15H2,1H3. The van der Waals surface area contributed by atoms with Crippen LogP contribution in [0, 0.1) is 11.3 Å². The summed E-state index contributed by atoms with van der Waals surface area (Å²) < 4.78 is 7.47. The molecule has 3 aromatic heterocycles. The Labute approximate surface area is 170 Å². The van der Waals surface area contributed by atoms with Crippen molar-refractivity contribution in [2.45, 2.75) is 25.3 Å². The Morgan fingerprint density at radius 3 is 2.86 bits per heavy atom. The van der Waals surface area contributed by atoms with Gasteiger partial charge in [0.25, 0.3) is 0 Å². The minimum Gasteiger partial charge on any atom is -0.497 e. The van der Waals surface area contributed by atoms with E-state index in [1.54, 1.807) is 7.11 Å². The molecule has 1 aliphatic heterocycles. The van der Waals surface area contributed by atoms with E-state index in [9.17, 15) is 5.26 Å². The fraction of sp³-hybridized carbons (Fsp3) is 0.292. The van der Waals surface area contributed by atoms with Crippen LogP contribution >= 0.6 is 0 Å². The first-order valence-electron chi connectivity index (χ1n) is 10.1. The number of methoxy groups -OCH3 is 1. The Bertz CT molecular complexity index is 1200. The average molecular weight is 384 g/mol. The molecule has 0 radical (unpaired) electrons. The molecule has 0 spiro atoms. The molecule has 0 amide bonds. The number of nitrogens with zero attached hydrogens (tertiary/aromatic N) is 3. The van der Waals surface area contributed by atoms with Crippen molar-refractivity contribution in [1.82, 2.24) is 14.3 Å². The highest BCUT2D eigenvalue weighted by atomic mass is 16.5. The van der Waals surface area contributed by atoms with Crippen LogP contribution in [0.25, 0.3) is 16.4 Å². The lowest BCUT2D eigenvalue weighted by Gasteiger charge is -2.31. The number of nitriles is 1. The lowest BCUT2D eigenvalue weighted by atomic mass is 9.89. The summed E-state index contributed by atoms with van der Waals surface area (Å²) >= 11 is 0. The molecule has 1 saturated heterocycles. The second kappa shape index (κ2) is 7.31. The van der Waals surface area contributed by atoms with Crippen LogP contribution in [-0.2, 0) is 6.54 Å². The molecule has 1 aliphatic rings. The van der Waals surface area contributed by atoms with Crippen LogP contribution in [0.1, 0.15) is 35.4 Å². The van der Waals surface area contributed by atoms with Crippen LogP contribution in [0.5, 0.6) is 5.75 Å². The quantitative estimate of drug-likeness (QED) is 0.556. The highest BCUT2D eigenvalue weighted by Crippen LogP contribution is 2.35. The van der Waals surface area contributed by atoms with Gasteiger partial charge in [-0.15, -0.1) is 0 Å². The number of piperidine rings is 1. The van der Waals surface area contributed by atoms with E-state index >= 15 is 0 Å². The number of hydrogen-bond donors (Lipinski definition) is 1. The number of H-pyrrole nitrogens is 1. The SMILES string of the molecule is COc1ccc2[nH]cc(C3CCN(Cc4cn5ccccc5c4C#N)CC3)c2c1. The van der Waals surface area contributed by atoms with Crippen LogP contribution in [0.4, 0.5) is 0 Å². The van der Waals surface area contributed by atoms with Gasteiger partial charge >= 0.3 is 0 Å². The summed E-state index contributed by atoms with van der Waals surface area (Å²) in [6, 6.07) is 14.6. The molecule has 0 bridgehead atoms. The number of fused-ring (bicyclic) bond motifs is 2. The highest BCUT2D eigenvalue weighted by Gasteiger charge is 2.24. The molecule has 0 unspecified atom stereocenters. The summed E-state index contributed by atoms with van der Waals surface area (Å²) in [5.74, 6) is 1.45. The maximum absolute atomic E-state index is 9.65. The summed E-state index contributed by atoms with van der Waals surface area (Å²) in [7, 11) is 1.72. The van der Waals surface area contributed by atoms with Gasteiger partial charge in [-0.2, -0.15) is 5.26 Å². The molecule has 5 heteroatoms. The number of likely N-dealkylation sites (tertiary alicyclic amines) is 1. The van der Waals surface area contributed by atoms with Gasteiger partial charge in [0.05, 0.1) is 18.2 Å². The van der Waals surface area contributed by atoms with E-state index in [2.05, 4.69) is 44.9 Å². The van der Waals surface area contributed by atoms with Crippen molar-refractivity contribution in [2.24, 2.45) is 0 Å². The van der Waals surface area contributed by atoms with Gasteiger partial charge in [-0.3, -0.25) is 4.90 Å². The Balaban J connectivity index is 1.32. The van der Waals surface area contributed by atoms with E-state index in [0.717, 1.165) is 54.9 Å². The van der Waals surface area contributed by atoms with E-state index < -0.39 is 0 Å². The van der Waals surface area contributed by atoms with E-state index in [4.69, 9.17) is 4.74 Å². The summed E-state index contributed by atoms with van der Waals surface area (Å²) in [4.78, 5) is 5.88. The van der Waals surface area contributed by atoms with Crippen molar-refractivity contribution < 1.29 is 4.74 Å². The van der Waals surface area contributed by atoms with Crippen LogP contribution in [0.3, 0.4) is 0 Å². The number of aromatic nitrogens is 2. The number of hydrogen-bond acceptors (Lipinski definition) is 3. The van der Waals surface area contributed by atoms with Gasteiger partial charge in [-0.1, -0.05) is 6.07 Å². The zero-order valence-corrected chi connectivity index (χ0v) is 16.6. The topological polar surface area (TPSA) is 56.5 Å². The molecular weight excluding hydrogens is 360 g/mol. The zero-order valence-electron chi connectivity index (χ0n) is 16.6. The van der Waals surface area contributed by atoms with Crippen molar-refractivity contribution in [3.8, 4) is 11.8 Å². The van der Waals surface area contributed by atoms with Gasteiger partial charge in [0.15, 0.2) is 0 Å². The van der Waals surface area contributed by atoms with Crippen LogP contribution in [0.2, 0.25) is 0 Å². The van der Waals surface area contributed by atoms with E-state index in [1.807, 2.05) is 30.5 Å². The summed E-state index contributed by atoms with van der Waals surface area (Å²) in [6.45, 7) is 2.91. The largest absolute Gasteiger partial charge is 0.497 e. The molecule has 4 heterocycles. The minimum atomic E-state index is 0.552. The fourth-order valence-corrected chi connectivity index (χ4v) is 4.66. The Morgan fingerprint density at radius 2 is 2.07 bits per heavy atom. The van der Waals surface area contributed by atoms with Gasteiger partial charge < -0.3 is 14.1 Å². The van der Waals surface area contributed by atoms with Crippen molar-refractivity contribution in [3.63, 3.8) is 0 Å². The maximum Gasteiger partial charge on any atom is 0.119 e. The molecular formula is C24H24N4O. The number of benzene rings is 1. The molecule has 146 valence electrons. The molecule has 4 aromatic rings. The molecule has 0 aliphatic carbocycles. The van der Waals surface area contributed by atoms with Gasteiger partial charge in [-0.25, -0.2) is 0 Å². The third-order valence-electron chi connectivity index (χ3n) is 6.22. The first kappa shape index (κ1) is 17.8. The highest BCUT2D eigenvalue weighted by molar-refractivity contribution is 5.85. The van der Waals surface area contributed by atoms with Gasteiger partial charge in [0, 0.05) is 41.6 Å². The van der Waals surface area contributed by atoms with Crippen LogP contribution in [-0.4, -0.2) is 34.5 Å². The van der Waals surface area contributed by atoms with Gasteiger partial charge in [0.2, 0.25) is 0 Å². The van der Waals surface area contributed by atoms with E-state index in [-0.39, 0.29) is 0 Å². The summed E-state index contributed by atoms with van der Waals surface area (Å²) in [5, 5.41) is 10.9. The van der Waals surface area contributed by atoms with Crippen molar-refractivity contribution in [3.05, 3.63) is 71.7 Å². The normalized spacial score (nSPS) is 15.7. The molecule has 0 atom stereocenters. The van der Waals surface area contributed by atoms with Crippen LogP contribution in [0.15, 0.2) is 55.0 Å². The number of pyridine rings is 1. The average Bonchev–Trinajstić information content (AvgIpc) is 3.34.